The molecule has 1 unspecified atom stereocenters. The maximum atomic E-state index is 12.3. The highest BCUT2D eigenvalue weighted by molar-refractivity contribution is 6.74. The Morgan fingerprint density at radius 1 is 1.11 bits per heavy atom. The summed E-state index contributed by atoms with van der Waals surface area (Å²) in [6.07, 6.45) is 0.0514. The second kappa shape index (κ2) is 15.7. The molecular formula is C36H61NO8Si2. The monoisotopic (exact) mass is 691 g/mol. The molecule has 0 spiro atoms. The highest BCUT2D eigenvalue weighted by atomic mass is 28.4. The maximum Gasteiger partial charge on any atom is 0.302 e. The maximum absolute atomic E-state index is 12.3. The molecule has 0 N–H and O–H groups in total. The van der Waals surface area contributed by atoms with E-state index >= 15 is 0 Å². The summed E-state index contributed by atoms with van der Waals surface area (Å²) in [5.74, 6) is 0.142. The van der Waals surface area contributed by atoms with Crippen molar-refractivity contribution in [3.05, 3.63) is 42.0 Å². The number of hydrogen-bond donors (Lipinski definition) is 0. The van der Waals surface area contributed by atoms with Crippen LogP contribution in [0.4, 0.5) is 0 Å². The van der Waals surface area contributed by atoms with Crippen molar-refractivity contribution < 1.29 is 37.4 Å². The number of benzene rings is 1. The van der Waals surface area contributed by atoms with Gasteiger partial charge in [-0.3, -0.25) is 4.79 Å². The van der Waals surface area contributed by atoms with Gasteiger partial charge in [-0.15, -0.1) is 0 Å². The standard InChI is InChI=1S/C36H61NO8Si2/c1-15-28-20-31(43-37-28)25(3)32(44-46(10,11)12)30(23-41-26(4)38)34(45-47(13,14)35(5,6)7)36(8)33(42-36)24(2)21-40-22-27-16-18-29(39-9)19-17-27/h16-19,24,30-34H,3,15,20-23H2,1-2,4-14H3/t24-,30-,31?,32-,33+,34-,36+/m0/s1. The van der Waals surface area contributed by atoms with E-state index in [1.807, 2.05) is 24.3 Å². The molecule has 1 aromatic carbocycles. The van der Waals surface area contributed by atoms with Crippen LogP contribution in [-0.4, -0.2) is 78.7 Å². The Morgan fingerprint density at radius 3 is 2.26 bits per heavy atom. The van der Waals surface area contributed by atoms with E-state index in [1.54, 1.807) is 7.11 Å². The molecule has 3 rings (SSSR count). The van der Waals surface area contributed by atoms with Gasteiger partial charge in [-0.25, -0.2) is 0 Å². The summed E-state index contributed by atoms with van der Waals surface area (Å²) in [4.78, 5) is 18.2. The number of oxime groups is 1. The summed E-state index contributed by atoms with van der Waals surface area (Å²) in [6.45, 7) is 31.1. The Hall–Kier alpha value is -2.03. The van der Waals surface area contributed by atoms with Crippen molar-refractivity contribution in [2.75, 3.05) is 20.3 Å². The zero-order valence-corrected chi connectivity index (χ0v) is 33.2. The van der Waals surface area contributed by atoms with Crippen molar-refractivity contribution in [2.24, 2.45) is 17.0 Å². The van der Waals surface area contributed by atoms with Crippen LogP contribution in [0.15, 0.2) is 41.6 Å². The fourth-order valence-electron chi connectivity index (χ4n) is 5.83. The highest BCUT2D eigenvalue weighted by Gasteiger charge is 2.64. The highest BCUT2D eigenvalue weighted by Crippen LogP contribution is 2.51. The zero-order valence-electron chi connectivity index (χ0n) is 31.2. The van der Waals surface area contributed by atoms with Gasteiger partial charge < -0.3 is 32.6 Å². The van der Waals surface area contributed by atoms with E-state index in [9.17, 15) is 4.79 Å². The molecule has 2 aliphatic heterocycles. The lowest BCUT2D eigenvalue weighted by atomic mass is 9.80. The summed E-state index contributed by atoms with van der Waals surface area (Å²) in [5, 5.41) is 4.24. The quantitative estimate of drug-likeness (QED) is 0.0664. The van der Waals surface area contributed by atoms with Gasteiger partial charge in [-0.1, -0.05) is 58.5 Å². The number of epoxide rings is 1. The molecule has 0 aromatic heterocycles. The first-order valence-corrected chi connectivity index (χ1v) is 23.3. The topological polar surface area (TPSA) is 97.3 Å². The third-order valence-electron chi connectivity index (χ3n) is 9.66. The van der Waals surface area contributed by atoms with Gasteiger partial charge in [-0.05, 0) is 74.4 Å². The Bertz CT molecular complexity index is 1240. The largest absolute Gasteiger partial charge is 0.497 e. The summed E-state index contributed by atoms with van der Waals surface area (Å²) < 4.78 is 38.2. The lowest BCUT2D eigenvalue weighted by Crippen LogP contribution is -2.56. The molecule has 2 aliphatic rings. The zero-order chi connectivity index (χ0) is 35.4. The summed E-state index contributed by atoms with van der Waals surface area (Å²) in [6, 6.07) is 7.90. The van der Waals surface area contributed by atoms with Crippen LogP contribution >= 0.6 is 0 Å². The first kappa shape index (κ1) is 39.4. The third-order valence-corrected chi connectivity index (χ3v) is 15.1. The Kier molecular flexibility index (Phi) is 13.1. The van der Waals surface area contributed by atoms with E-state index < -0.39 is 40.4 Å². The van der Waals surface area contributed by atoms with Gasteiger partial charge in [-0.2, -0.15) is 0 Å². The van der Waals surface area contributed by atoms with Crippen molar-refractivity contribution >= 4 is 28.3 Å². The van der Waals surface area contributed by atoms with Crippen LogP contribution in [-0.2, 0) is 39.3 Å². The second-order valence-electron chi connectivity index (χ2n) is 15.9. The van der Waals surface area contributed by atoms with Crippen molar-refractivity contribution in [3.63, 3.8) is 0 Å². The van der Waals surface area contributed by atoms with E-state index in [1.165, 1.54) is 6.92 Å². The second-order valence-corrected chi connectivity index (χ2v) is 25.1. The summed E-state index contributed by atoms with van der Waals surface area (Å²) in [5.41, 5.74) is 2.19. The Balaban J connectivity index is 1.96. The molecule has 0 aliphatic carbocycles. The number of hydrogen-bond acceptors (Lipinski definition) is 9. The molecule has 1 fully saturated rings. The molecule has 266 valence electrons. The van der Waals surface area contributed by atoms with Gasteiger partial charge in [0.2, 0.25) is 0 Å². The molecule has 47 heavy (non-hydrogen) atoms. The number of esters is 1. The molecule has 11 heteroatoms. The van der Waals surface area contributed by atoms with Crippen LogP contribution in [0, 0.1) is 11.8 Å². The van der Waals surface area contributed by atoms with Crippen molar-refractivity contribution in [2.45, 2.75) is 136 Å². The molecule has 0 bridgehead atoms. The lowest BCUT2D eigenvalue weighted by Gasteiger charge is -2.46. The number of carbonyl (C=O) groups excluding carboxylic acids is 1. The van der Waals surface area contributed by atoms with Gasteiger partial charge in [0.15, 0.2) is 22.7 Å². The molecule has 0 amide bonds. The molecule has 2 heterocycles. The average Bonchev–Trinajstić information content (AvgIpc) is 3.44. The predicted octanol–water partition coefficient (Wildman–Crippen LogP) is 7.91. The number of ether oxygens (including phenoxy) is 4. The predicted molar refractivity (Wildman–Crippen MR) is 192 cm³/mol. The van der Waals surface area contributed by atoms with Crippen LogP contribution < -0.4 is 4.74 Å². The molecular weight excluding hydrogens is 631 g/mol. The van der Waals surface area contributed by atoms with Crippen LogP contribution in [0.1, 0.15) is 66.9 Å². The van der Waals surface area contributed by atoms with Gasteiger partial charge in [0, 0.05) is 19.3 Å². The Labute approximate surface area is 285 Å². The molecule has 1 aromatic rings. The fraction of sp³-hybridized carbons (Fsp3) is 0.722. The minimum atomic E-state index is -2.38. The van der Waals surface area contributed by atoms with Crippen molar-refractivity contribution in [1.29, 1.82) is 0 Å². The first-order valence-electron chi connectivity index (χ1n) is 17.0. The van der Waals surface area contributed by atoms with Crippen molar-refractivity contribution in [3.8, 4) is 5.75 Å². The van der Waals surface area contributed by atoms with Gasteiger partial charge in [0.25, 0.3) is 0 Å². The molecule has 0 saturated carbocycles. The van der Waals surface area contributed by atoms with E-state index in [0.717, 1.165) is 29.0 Å². The number of nitrogens with zero attached hydrogens (tertiary/aromatic N) is 1. The van der Waals surface area contributed by atoms with Crippen LogP contribution in [0.25, 0.3) is 0 Å². The first-order chi connectivity index (χ1) is 21.7. The fourth-order valence-corrected chi connectivity index (χ4v) is 8.31. The van der Waals surface area contributed by atoms with Crippen LogP contribution in [0.2, 0.25) is 37.8 Å². The average molecular weight is 692 g/mol. The molecule has 1 saturated heterocycles. The number of methoxy groups -OCH3 is 1. The molecule has 7 atom stereocenters. The third kappa shape index (κ3) is 10.5. The normalized spacial score (nSPS) is 24.1. The minimum Gasteiger partial charge on any atom is -0.497 e. The van der Waals surface area contributed by atoms with Gasteiger partial charge >= 0.3 is 5.97 Å². The number of carbonyl (C=O) groups is 1. The van der Waals surface area contributed by atoms with E-state index in [4.69, 9.17) is 32.6 Å². The SMILES string of the molecule is C=C(C1CC(CC)=NO1)[C@H](O[Si](C)(C)C)[C@H](COC(C)=O)[C@H](O[Si](C)(C)C(C)(C)C)[C@]1(C)O[C@@H]1[C@@H](C)COCc1ccc(OC)cc1. The van der Waals surface area contributed by atoms with E-state index in [0.29, 0.717) is 19.6 Å². The van der Waals surface area contributed by atoms with Crippen LogP contribution in [0.3, 0.4) is 0 Å². The smallest absolute Gasteiger partial charge is 0.302 e. The lowest BCUT2D eigenvalue weighted by molar-refractivity contribution is -0.145. The van der Waals surface area contributed by atoms with Crippen molar-refractivity contribution in [1.82, 2.24) is 0 Å². The minimum absolute atomic E-state index is 0.0738. The summed E-state index contributed by atoms with van der Waals surface area (Å²) in [7, 11) is -2.88. The Morgan fingerprint density at radius 2 is 1.74 bits per heavy atom. The van der Waals surface area contributed by atoms with Gasteiger partial charge in [0.05, 0.1) is 56.9 Å². The summed E-state index contributed by atoms with van der Waals surface area (Å²) >= 11 is 0. The van der Waals surface area contributed by atoms with E-state index in [2.05, 4.69) is 86.0 Å². The number of rotatable bonds is 18. The molecule has 9 nitrogen and oxygen atoms in total. The van der Waals surface area contributed by atoms with E-state index in [-0.39, 0.29) is 35.7 Å². The van der Waals surface area contributed by atoms with Crippen LogP contribution in [0.5, 0.6) is 5.75 Å². The van der Waals surface area contributed by atoms with Gasteiger partial charge in [0.1, 0.15) is 11.4 Å². The molecule has 0 radical (unpaired) electrons.